The molecule has 3 nitrogen and oxygen atoms in total. The molecular weight excluding hydrogens is 438 g/mol. The van der Waals surface area contributed by atoms with Crippen LogP contribution in [0.4, 0.5) is 22.7 Å². The van der Waals surface area contributed by atoms with Gasteiger partial charge in [0.05, 0.1) is 28.4 Å². The molecule has 36 heavy (non-hydrogen) atoms. The second-order valence-corrected chi connectivity index (χ2v) is 9.36. The third-order valence-electron chi connectivity index (χ3n) is 7.14. The number of para-hydroxylation sites is 3. The third kappa shape index (κ3) is 3.56. The first kappa shape index (κ1) is 22.1. The van der Waals surface area contributed by atoms with Gasteiger partial charge in [-0.2, -0.15) is 0 Å². The van der Waals surface area contributed by atoms with E-state index in [2.05, 4.69) is 145 Å². The lowest BCUT2D eigenvalue weighted by atomic mass is 9.94. The highest BCUT2D eigenvalue weighted by molar-refractivity contribution is 5.99. The SMILES string of the molecule is Cc1ccnc(C)c1N1c2ccccc2N(c2c(-c3ccccc3)cccc2-c2ccccc2)[C@H]1C. The molecule has 2 heterocycles. The molecule has 0 radical (unpaired) electrons. The van der Waals surface area contributed by atoms with Crippen LogP contribution in [-0.2, 0) is 0 Å². The van der Waals surface area contributed by atoms with Crippen molar-refractivity contribution in [3.05, 3.63) is 127 Å². The lowest BCUT2D eigenvalue weighted by Crippen LogP contribution is -2.36. The Morgan fingerprint density at radius 3 is 1.58 bits per heavy atom. The number of nitrogens with zero attached hydrogens (tertiary/aromatic N) is 3. The van der Waals surface area contributed by atoms with E-state index in [1.54, 1.807) is 0 Å². The predicted octanol–water partition coefficient (Wildman–Crippen LogP) is 8.67. The molecule has 1 aliphatic heterocycles. The van der Waals surface area contributed by atoms with E-state index in [-0.39, 0.29) is 6.17 Å². The van der Waals surface area contributed by atoms with Crippen LogP contribution in [0.15, 0.2) is 115 Å². The van der Waals surface area contributed by atoms with Crippen LogP contribution in [0, 0.1) is 13.8 Å². The summed E-state index contributed by atoms with van der Waals surface area (Å²) in [5.74, 6) is 0. The zero-order valence-electron chi connectivity index (χ0n) is 20.9. The lowest BCUT2D eigenvalue weighted by molar-refractivity contribution is 0.756. The molecular formula is C33H29N3. The molecule has 0 N–H and O–H groups in total. The van der Waals surface area contributed by atoms with Crippen LogP contribution in [0.2, 0.25) is 0 Å². The number of benzene rings is 4. The summed E-state index contributed by atoms with van der Waals surface area (Å²) in [6.07, 6.45) is 1.95. The Hall–Kier alpha value is -4.37. The van der Waals surface area contributed by atoms with Crippen molar-refractivity contribution in [3.8, 4) is 22.3 Å². The van der Waals surface area contributed by atoms with Crippen molar-refractivity contribution in [1.82, 2.24) is 4.98 Å². The maximum absolute atomic E-state index is 4.66. The molecule has 0 aliphatic carbocycles. The second kappa shape index (κ2) is 9.01. The molecule has 0 spiro atoms. The first-order valence-electron chi connectivity index (χ1n) is 12.5. The number of pyridine rings is 1. The minimum atomic E-state index is 0.0522. The van der Waals surface area contributed by atoms with E-state index in [4.69, 9.17) is 0 Å². The molecule has 0 amide bonds. The van der Waals surface area contributed by atoms with Crippen molar-refractivity contribution in [3.63, 3.8) is 0 Å². The first-order chi connectivity index (χ1) is 17.6. The van der Waals surface area contributed by atoms with Gasteiger partial charge in [-0.05, 0) is 55.7 Å². The Morgan fingerprint density at radius 1 is 0.556 bits per heavy atom. The number of anilines is 4. The molecule has 0 unspecified atom stereocenters. The maximum atomic E-state index is 4.66. The summed E-state index contributed by atoms with van der Waals surface area (Å²) in [4.78, 5) is 9.61. The highest BCUT2D eigenvalue weighted by atomic mass is 15.4. The summed E-state index contributed by atoms with van der Waals surface area (Å²) in [5.41, 5.74) is 11.9. The van der Waals surface area contributed by atoms with E-state index >= 15 is 0 Å². The van der Waals surface area contributed by atoms with Crippen molar-refractivity contribution >= 4 is 22.7 Å². The van der Waals surface area contributed by atoms with Crippen LogP contribution >= 0.6 is 0 Å². The number of fused-ring (bicyclic) bond motifs is 1. The summed E-state index contributed by atoms with van der Waals surface area (Å²) in [6.45, 7) is 6.57. The molecule has 1 aliphatic rings. The van der Waals surface area contributed by atoms with Crippen molar-refractivity contribution in [2.45, 2.75) is 26.9 Å². The Kier molecular flexibility index (Phi) is 5.54. The minimum absolute atomic E-state index is 0.0522. The van der Waals surface area contributed by atoms with Gasteiger partial charge in [-0.3, -0.25) is 4.98 Å². The zero-order chi connectivity index (χ0) is 24.6. The van der Waals surface area contributed by atoms with Gasteiger partial charge in [-0.15, -0.1) is 0 Å². The quantitative estimate of drug-likeness (QED) is 0.264. The van der Waals surface area contributed by atoms with E-state index < -0.39 is 0 Å². The van der Waals surface area contributed by atoms with Gasteiger partial charge in [0.2, 0.25) is 0 Å². The molecule has 0 fully saturated rings. The molecule has 4 aromatic carbocycles. The summed E-state index contributed by atoms with van der Waals surface area (Å²) in [6, 6.07) is 38.9. The summed E-state index contributed by atoms with van der Waals surface area (Å²) < 4.78 is 0. The van der Waals surface area contributed by atoms with Gasteiger partial charge < -0.3 is 9.80 Å². The van der Waals surface area contributed by atoms with Gasteiger partial charge in [0.25, 0.3) is 0 Å². The lowest BCUT2D eigenvalue weighted by Gasteiger charge is -2.34. The average molecular weight is 468 g/mol. The van der Waals surface area contributed by atoms with Crippen molar-refractivity contribution in [2.75, 3.05) is 9.80 Å². The van der Waals surface area contributed by atoms with Crippen LogP contribution in [-0.4, -0.2) is 11.1 Å². The van der Waals surface area contributed by atoms with Crippen molar-refractivity contribution in [2.24, 2.45) is 0 Å². The molecule has 0 bridgehead atoms. The molecule has 1 aromatic heterocycles. The van der Waals surface area contributed by atoms with Crippen LogP contribution in [0.25, 0.3) is 22.3 Å². The number of aromatic nitrogens is 1. The van der Waals surface area contributed by atoms with Gasteiger partial charge >= 0.3 is 0 Å². The molecule has 3 heteroatoms. The van der Waals surface area contributed by atoms with E-state index in [0.717, 1.165) is 5.69 Å². The van der Waals surface area contributed by atoms with Gasteiger partial charge in [0.1, 0.15) is 6.17 Å². The summed E-state index contributed by atoms with van der Waals surface area (Å²) in [7, 11) is 0. The number of hydrogen-bond donors (Lipinski definition) is 0. The van der Waals surface area contributed by atoms with Crippen LogP contribution in [0.3, 0.4) is 0 Å². The smallest absolute Gasteiger partial charge is 0.108 e. The van der Waals surface area contributed by atoms with Gasteiger partial charge in [0.15, 0.2) is 0 Å². The van der Waals surface area contributed by atoms with E-state index in [9.17, 15) is 0 Å². The Balaban J connectivity index is 1.64. The standard InChI is InChI=1S/C33H29N3/c1-23-21-22-34-24(2)32(23)35-25(3)36(31-20-11-10-19-30(31)35)33-28(26-13-6-4-7-14-26)17-12-18-29(33)27-15-8-5-9-16-27/h4-22,25H,1-3H3/t25-/m0/s1. The highest BCUT2D eigenvalue weighted by Gasteiger charge is 2.38. The monoisotopic (exact) mass is 467 g/mol. The molecule has 5 aromatic rings. The van der Waals surface area contributed by atoms with Crippen LogP contribution in [0.1, 0.15) is 18.2 Å². The number of aryl methyl sites for hydroxylation is 2. The van der Waals surface area contributed by atoms with Gasteiger partial charge in [0, 0.05) is 17.3 Å². The summed E-state index contributed by atoms with van der Waals surface area (Å²) in [5, 5.41) is 0. The normalized spacial score (nSPS) is 14.7. The fourth-order valence-electron chi connectivity index (χ4n) is 5.56. The molecule has 176 valence electrons. The topological polar surface area (TPSA) is 19.4 Å². The molecule has 6 rings (SSSR count). The molecule has 0 saturated carbocycles. The molecule has 1 atom stereocenters. The largest absolute Gasteiger partial charge is 0.317 e. The van der Waals surface area contributed by atoms with Crippen molar-refractivity contribution < 1.29 is 0 Å². The van der Waals surface area contributed by atoms with Crippen LogP contribution in [0.5, 0.6) is 0 Å². The Morgan fingerprint density at radius 2 is 1.06 bits per heavy atom. The molecule has 0 saturated heterocycles. The van der Waals surface area contributed by atoms with E-state index in [1.807, 2.05) is 6.20 Å². The fourth-order valence-corrected chi connectivity index (χ4v) is 5.56. The number of rotatable bonds is 4. The Labute approximate surface area is 213 Å². The van der Waals surface area contributed by atoms with Crippen LogP contribution < -0.4 is 9.80 Å². The first-order valence-corrected chi connectivity index (χ1v) is 12.5. The van der Waals surface area contributed by atoms with Crippen molar-refractivity contribution in [1.29, 1.82) is 0 Å². The summed E-state index contributed by atoms with van der Waals surface area (Å²) >= 11 is 0. The fraction of sp³-hybridized carbons (Fsp3) is 0.121. The minimum Gasteiger partial charge on any atom is -0.317 e. The third-order valence-corrected chi connectivity index (χ3v) is 7.14. The predicted molar refractivity (Wildman–Crippen MR) is 151 cm³/mol. The highest BCUT2D eigenvalue weighted by Crippen LogP contribution is 2.53. The maximum Gasteiger partial charge on any atom is 0.108 e. The van der Waals surface area contributed by atoms with Gasteiger partial charge in [-0.25, -0.2) is 0 Å². The average Bonchev–Trinajstić information content (AvgIpc) is 3.20. The van der Waals surface area contributed by atoms with E-state index in [0.29, 0.717) is 0 Å². The van der Waals surface area contributed by atoms with Gasteiger partial charge in [-0.1, -0.05) is 91.0 Å². The zero-order valence-corrected chi connectivity index (χ0v) is 20.9. The Bertz CT molecular complexity index is 1450. The number of hydrogen-bond acceptors (Lipinski definition) is 3. The second-order valence-electron chi connectivity index (χ2n) is 9.36. The van der Waals surface area contributed by atoms with E-state index in [1.165, 1.54) is 50.6 Å².